The van der Waals surface area contributed by atoms with Crippen LogP contribution in [0, 0.1) is 0 Å². The highest BCUT2D eigenvalue weighted by Gasteiger charge is 2.06. The lowest BCUT2D eigenvalue weighted by molar-refractivity contribution is -0.111. The average Bonchev–Trinajstić information content (AvgIpc) is 3.12. The molecule has 0 saturated carbocycles. The summed E-state index contributed by atoms with van der Waals surface area (Å²) in [5, 5.41) is 11.3. The van der Waals surface area contributed by atoms with Crippen LogP contribution in [0.1, 0.15) is 11.1 Å². The van der Waals surface area contributed by atoms with E-state index >= 15 is 0 Å². The van der Waals surface area contributed by atoms with E-state index in [0.717, 1.165) is 15.7 Å². The molecule has 0 aliphatic rings. The minimum atomic E-state index is -0.217. The van der Waals surface area contributed by atoms with Gasteiger partial charge in [0.05, 0.1) is 0 Å². The third-order valence-corrected chi connectivity index (χ3v) is 5.20. The van der Waals surface area contributed by atoms with Gasteiger partial charge in [0.15, 0.2) is 4.34 Å². The summed E-state index contributed by atoms with van der Waals surface area (Å²) in [4.78, 5) is 11.9. The van der Waals surface area contributed by atoms with E-state index in [1.54, 1.807) is 17.8 Å². The molecule has 0 atom stereocenters. The summed E-state index contributed by atoms with van der Waals surface area (Å²) in [5.41, 5.74) is 2.14. The van der Waals surface area contributed by atoms with Gasteiger partial charge in [-0.15, -0.1) is 10.2 Å². The van der Waals surface area contributed by atoms with Gasteiger partial charge in [0, 0.05) is 11.8 Å². The Morgan fingerprint density at radius 2 is 1.62 bits per heavy atom. The minimum absolute atomic E-state index is 0.217. The van der Waals surface area contributed by atoms with E-state index in [0.29, 0.717) is 5.13 Å². The molecule has 0 fully saturated rings. The van der Waals surface area contributed by atoms with Crippen molar-refractivity contribution in [1.82, 2.24) is 10.2 Å². The van der Waals surface area contributed by atoms with Crippen molar-refractivity contribution in [1.29, 1.82) is 0 Å². The van der Waals surface area contributed by atoms with Crippen LogP contribution in [0.3, 0.4) is 0 Å². The Kier molecular flexibility index (Phi) is 6.75. The molecule has 0 unspecified atom stereocenters. The third-order valence-electron chi connectivity index (χ3n) is 3.28. The maximum absolute atomic E-state index is 11.9. The van der Waals surface area contributed by atoms with E-state index in [1.165, 1.54) is 23.0 Å². The second kappa shape index (κ2) is 9.70. The van der Waals surface area contributed by atoms with Gasteiger partial charge >= 0.3 is 0 Å². The van der Waals surface area contributed by atoms with Gasteiger partial charge in [0.1, 0.15) is 0 Å². The van der Waals surface area contributed by atoms with Crippen molar-refractivity contribution < 1.29 is 4.79 Å². The van der Waals surface area contributed by atoms with E-state index in [1.807, 2.05) is 48.5 Å². The predicted octanol–water partition coefficient (Wildman–Crippen LogP) is 5.00. The molecule has 0 aliphatic carbocycles. The van der Waals surface area contributed by atoms with E-state index in [-0.39, 0.29) is 5.91 Å². The molecule has 1 N–H and O–H groups in total. The Labute approximate surface area is 160 Å². The quantitative estimate of drug-likeness (QED) is 0.357. The Morgan fingerprint density at radius 1 is 0.962 bits per heavy atom. The molecule has 0 aliphatic heterocycles. The summed E-state index contributed by atoms with van der Waals surface area (Å²) in [7, 11) is 0. The molecule has 1 heterocycles. The van der Waals surface area contributed by atoms with Crippen LogP contribution in [-0.4, -0.2) is 21.9 Å². The molecule has 6 heteroatoms. The largest absolute Gasteiger partial charge is 0.297 e. The smallest absolute Gasteiger partial charge is 0.250 e. The summed E-state index contributed by atoms with van der Waals surface area (Å²) in [6.45, 7) is 0. The molecule has 1 amide bonds. The van der Waals surface area contributed by atoms with Gasteiger partial charge in [-0.3, -0.25) is 10.1 Å². The Hall–Kier alpha value is -2.70. The molecule has 4 nitrogen and oxygen atoms in total. The molecular weight excluding hydrogens is 362 g/mol. The van der Waals surface area contributed by atoms with E-state index in [4.69, 9.17) is 0 Å². The number of thioether (sulfide) groups is 1. The molecule has 0 saturated heterocycles. The number of nitrogens with zero attached hydrogens (tertiary/aromatic N) is 2. The van der Waals surface area contributed by atoms with Crippen LogP contribution in [0.15, 0.2) is 77.2 Å². The monoisotopic (exact) mass is 379 g/mol. The van der Waals surface area contributed by atoms with Crippen LogP contribution < -0.4 is 5.32 Å². The average molecular weight is 380 g/mol. The first-order valence-electron chi connectivity index (χ1n) is 8.01. The third kappa shape index (κ3) is 5.98. The van der Waals surface area contributed by atoms with Crippen LogP contribution in [-0.2, 0) is 4.79 Å². The van der Waals surface area contributed by atoms with Crippen LogP contribution in [0.25, 0.3) is 12.2 Å². The minimum Gasteiger partial charge on any atom is -0.297 e. The number of amides is 1. The van der Waals surface area contributed by atoms with Crippen molar-refractivity contribution in [3.05, 3.63) is 83.9 Å². The number of aromatic nitrogens is 2. The molecule has 3 rings (SSSR count). The van der Waals surface area contributed by atoms with Gasteiger partial charge in [-0.25, -0.2) is 0 Å². The summed E-state index contributed by atoms with van der Waals surface area (Å²) in [6, 6.07) is 19.8. The van der Waals surface area contributed by atoms with Gasteiger partial charge in [0.2, 0.25) is 11.0 Å². The van der Waals surface area contributed by atoms with Crippen molar-refractivity contribution in [2.24, 2.45) is 0 Å². The SMILES string of the molecule is O=C(/C=C/c1ccccc1)Nc1nnc(SC/C=C/c2ccccc2)s1. The number of benzene rings is 2. The van der Waals surface area contributed by atoms with Crippen molar-refractivity contribution in [3.8, 4) is 0 Å². The van der Waals surface area contributed by atoms with Crippen molar-refractivity contribution in [3.63, 3.8) is 0 Å². The number of nitrogens with one attached hydrogen (secondary N) is 1. The molecule has 26 heavy (non-hydrogen) atoms. The van der Waals surface area contributed by atoms with Gasteiger partial charge in [-0.2, -0.15) is 0 Å². The second-order valence-electron chi connectivity index (χ2n) is 5.23. The summed E-state index contributed by atoms with van der Waals surface area (Å²) in [5.74, 6) is 0.580. The van der Waals surface area contributed by atoms with E-state index < -0.39 is 0 Å². The van der Waals surface area contributed by atoms with Crippen LogP contribution >= 0.6 is 23.1 Å². The van der Waals surface area contributed by atoms with Crippen LogP contribution in [0.5, 0.6) is 0 Å². The highest BCUT2D eigenvalue weighted by molar-refractivity contribution is 8.01. The molecule has 2 aromatic carbocycles. The van der Waals surface area contributed by atoms with Gasteiger partial charge in [-0.05, 0) is 17.2 Å². The lowest BCUT2D eigenvalue weighted by atomic mass is 10.2. The number of hydrogen-bond donors (Lipinski definition) is 1. The Bertz CT molecular complexity index is 890. The van der Waals surface area contributed by atoms with Gasteiger partial charge in [0.25, 0.3) is 0 Å². The number of carbonyl (C=O) groups excluding carboxylic acids is 1. The Morgan fingerprint density at radius 3 is 2.31 bits per heavy atom. The molecule has 3 aromatic rings. The zero-order valence-corrected chi connectivity index (χ0v) is 15.5. The molecule has 0 bridgehead atoms. The summed E-state index contributed by atoms with van der Waals surface area (Å²) in [6.07, 6.45) is 7.42. The fourth-order valence-electron chi connectivity index (χ4n) is 2.07. The normalized spacial score (nSPS) is 11.2. The standard InChI is InChI=1S/C20H17N3OS2/c24-18(14-13-17-10-5-2-6-11-17)21-19-22-23-20(26-19)25-15-7-12-16-8-3-1-4-9-16/h1-14H,15H2,(H,21,22,24)/b12-7+,14-13+. The van der Waals surface area contributed by atoms with Gasteiger partial charge in [-0.1, -0.05) is 95.9 Å². The van der Waals surface area contributed by atoms with Crippen LogP contribution in [0.2, 0.25) is 0 Å². The molecule has 0 spiro atoms. The maximum Gasteiger partial charge on any atom is 0.250 e. The van der Waals surface area contributed by atoms with Crippen molar-refractivity contribution >= 4 is 46.3 Å². The first kappa shape index (κ1) is 18.1. The predicted molar refractivity (Wildman–Crippen MR) is 110 cm³/mol. The lowest BCUT2D eigenvalue weighted by Crippen LogP contribution is -2.07. The molecular formula is C20H17N3OS2. The lowest BCUT2D eigenvalue weighted by Gasteiger charge is -1.95. The fraction of sp³-hybridized carbons (Fsp3) is 0.0500. The maximum atomic E-state index is 11.9. The van der Waals surface area contributed by atoms with Crippen molar-refractivity contribution in [2.75, 3.05) is 11.1 Å². The number of carbonyl (C=O) groups is 1. The van der Waals surface area contributed by atoms with E-state index in [9.17, 15) is 4.79 Å². The first-order chi connectivity index (χ1) is 12.8. The van der Waals surface area contributed by atoms with Crippen molar-refractivity contribution in [2.45, 2.75) is 4.34 Å². The van der Waals surface area contributed by atoms with Gasteiger partial charge < -0.3 is 0 Å². The summed E-state index contributed by atoms with van der Waals surface area (Å²) < 4.78 is 0.824. The first-order valence-corrected chi connectivity index (χ1v) is 9.82. The molecule has 1 aromatic heterocycles. The molecule has 0 radical (unpaired) electrons. The second-order valence-corrected chi connectivity index (χ2v) is 7.48. The number of anilines is 1. The van der Waals surface area contributed by atoms with E-state index in [2.05, 4.69) is 39.8 Å². The summed E-state index contributed by atoms with van der Waals surface area (Å²) >= 11 is 2.96. The number of hydrogen-bond acceptors (Lipinski definition) is 5. The zero-order valence-electron chi connectivity index (χ0n) is 13.9. The molecule has 130 valence electrons. The zero-order chi connectivity index (χ0) is 18.0. The van der Waals surface area contributed by atoms with Crippen LogP contribution in [0.4, 0.5) is 5.13 Å². The highest BCUT2D eigenvalue weighted by Crippen LogP contribution is 2.25. The fourth-order valence-corrected chi connectivity index (χ4v) is 3.66. The Balaban J connectivity index is 1.46. The topological polar surface area (TPSA) is 54.9 Å². The highest BCUT2D eigenvalue weighted by atomic mass is 32.2. The number of rotatable bonds is 7.